The molecule has 0 aliphatic heterocycles. The average Bonchev–Trinajstić information content (AvgIpc) is 2.39. The van der Waals surface area contributed by atoms with Crippen molar-refractivity contribution < 1.29 is 0 Å². The average molecular weight is 252 g/mol. The summed E-state index contributed by atoms with van der Waals surface area (Å²) in [5.41, 5.74) is 10.2. The van der Waals surface area contributed by atoms with Crippen molar-refractivity contribution in [2.45, 2.75) is 37.6 Å². The molecule has 98 valence electrons. The predicted molar refractivity (Wildman–Crippen MR) is 77.9 cm³/mol. The van der Waals surface area contributed by atoms with Crippen molar-refractivity contribution in [1.29, 1.82) is 0 Å². The molecule has 0 radical (unpaired) electrons. The van der Waals surface area contributed by atoms with Gasteiger partial charge in [-0.15, -0.1) is 0 Å². The van der Waals surface area contributed by atoms with Crippen molar-refractivity contribution in [3.8, 4) is 0 Å². The molecule has 1 saturated carbocycles. The lowest BCUT2D eigenvalue weighted by atomic mass is 9.80. The molecule has 0 bridgehead atoms. The summed E-state index contributed by atoms with van der Waals surface area (Å²) in [6, 6.07) is 13.0. The molecule has 0 amide bonds. The Kier molecular flexibility index (Phi) is 3.60. The Morgan fingerprint density at radius 3 is 2.32 bits per heavy atom. The fourth-order valence-electron chi connectivity index (χ4n) is 2.65. The summed E-state index contributed by atoms with van der Waals surface area (Å²) >= 11 is 0. The van der Waals surface area contributed by atoms with Crippen LogP contribution in [0.3, 0.4) is 0 Å². The third kappa shape index (κ3) is 2.85. The van der Waals surface area contributed by atoms with E-state index in [9.17, 15) is 0 Å². The van der Waals surface area contributed by atoms with E-state index in [1.54, 1.807) is 0 Å². The van der Waals surface area contributed by atoms with Crippen LogP contribution in [0.1, 0.15) is 47.9 Å². The second kappa shape index (κ2) is 5.54. The fourth-order valence-corrected chi connectivity index (χ4v) is 2.65. The second-order valence-electron chi connectivity index (χ2n) is 5.46. The van der Waals surface area contributed by atoms with Gasteiger partial charge in [-0.3, -0.25) is 4.98 Å². The van der Waals surface area contributed by atoms with Crippen LogP contribution in [0.5, 0.6) is 0 Å². The van der Waals surface area contributed by atoms with Gasteiger partial charge in [0, 0.05) is 18.4 Å². The Morgan fingerprint density at radius 1 is 1.05 bits per heavy atom. The van der Waals surface area contributed by atoms with Crippen LogP contribution < -0.4 is 5.73 Å². The van der Waals surface area contributed by atoms with Crippen molar-refractivity contribution in [3.63, 3.8) is 0 Å². The molecular weight excluding hydrogens is 232 g/mol. The summed E-state index contributed by atoms with van der Waals surface area (Å²) < 4.78 is 0. The number of rotatable bonds is 4. The number of benzene rings is 1. The third-order valence-electron chi connectivity index (χ3n) is 4.15. The number of aromatic nitrogens is 1. The highest BCUT2D eigenvalue weighted by atomic mass is 14.6. The molecule has 0 spiro atoms. The summed E-state index contributed by atoms with van der Waals surface area (Å²) in [5.74, 6) is 0.797. The Hall–Kier alpha value is -1.67. The molecule has 2 heteroatoms. The zero-order valence-corrected chi connectivity index (χ0v) is 11.1. The summed E-state index contributed by atoms with van der Waals surface area (Å²) in [6.07, 6.45) is 8.59. The van der Waals surface area contributed by atoms with Gasteiger partial charge in [0.1, 0.15) is 0 Å². The summed E-state index contributed by atoms with van der Waals surface area (Å²) in [6.45, 7) is 0. The van der Waals surface area contributed by atoms with Crippen LogP contribution in [0, 0.1) is 0 Å². The first-order valence-corrected chi connectivity index (χ1v) is 7.07. The van der Waals surface area contributed by atoms with Gasteiger partial charge in [-0.2, -0.15) is 0 Å². The minimum Gasteiger partial charge on any atom is -0.324 e. The maximum Gasteiger partial charge on any atom is 0.0335 e. The highest BCUT2D eigenvalue weighted by molar-refractivity contribution is 5.29. The van der Waals surface area contributed by atoms with E-state index in [0.717, 1.165) is 12.3 Å². The van der Waals surface area contributed by atoms with Crippen molar-refractivity contribution in [3.05, 3.63) is 65.5 Å². The molecule has 1 heterocycles. The Labute approximate surface area is 114 Å². The van der Waals surface area contributed by atoms with Gasteiger partial charge in [0.2, 0.25) is 0 Å². The standard InChI is InChI=1S/C17H20N2/c18-17(12-13-8-10-19-11-9-13)16-6-4-15(5-7-16)14-2-1-3-14/h4-11,14,17H,1-3,12,18H2. The number of hydrogen-bond donors (Lipinski definition) is 1. The highest BCUT2D eigenvalue weighted by Crippen LogP contribution is 2.36. The molecule has 1 aliphatic rings. The molecule has 3 rings (SSSR count). The maximum absolute atomic E-state index is 6.28. The molecule has 1 aromatic heterocycles. The quantitative estimate of drug-likeness (QED) is 0.903. The van der Waals surface area contributed by atoms with Gasteiger partial charge in [-0.1, -0.05) is 30.7 Å². The van der Waals surface area contributed by atoms with Crippen LogP contribution in [0.2, 0.25) is 0 Å². The Bertz CT molecular complexity index is 515. The first-order valence-electron chi connectivity index (χ1n) is 7.07. The van der Waals surface area contributed by atoms with Crippen molar-refractivity contribution >= 4 is 0 Å². The number of hydrogen-bond acceptors (Lipinski definition) is 2. The van der Waals surface area contributed by atoms with E-state index in [0.29, 0.717) is 0 Å². The topological polar surface area (TPSA) is 38.9 Å². The van der Waals surface area contributed by atoms with Crippen LogP contribution in [-0.4, -0.2) is 4.98 Å². The van der Waals surface area contributed by atoms with Crippen molar-refractivity contribution in [1.82, 2.24) is 4.98 Å². The minimum absolute atomic E-state index is 0.0674. The smallest absolute Gasteiger partial charge is 0.0335 e. The van der Waals surface area contributed by atoms with E-state index < -0.39 is 0 Å². The van der Waals surface area contributed by atoms with Gasteiger partial charge in [0.15, 0.2) is 0 Å². The van der Waals surface area contributed by atoms with Crippen molar-refractivity contribution in [2.24, 2.45) is 5.73 Å². The SMILES string of the molecule is NC(Cc1ccncc1)c1ccc(C2CCC2)cc1. The molecule has 19 heavy (non-hydrogen) atoms. The van der Waals surface area contributed by atoms with Gasteiger partial charge in [-0.05, 0) is 54.0 Å². The van der Waals surface area contributed by atoms with E-state index in [2.05, 4.69) is 29.2 Å². The summed E-state index contributed by atoms with van der Waals surface area (Å²) in [4.78, 5) is 4.03. The lowest BCUT2D eigenvalue weighted by Crippen LogP contribution is -2.14. The van der Waals surface area contributed by atoms with Gasteiger partial charge >= 0.3 is 0 Å². The zero-order chi connectivity index (χ0) is 13.1. The molecule has 1 unspecified atom stereocenters. The van der Waals surface area contributed by atoms with Crippen LogP contribution in [0.4, 0.5) is 0 Å². The maximum atomic E-state index is 6.28. The van der Waals surface area contributed by atoms with Crippen LogP contribution in [0.15, 0.2) is 48.8 Å². The largest absolute Gasteiger partial charge is 0.324 e. The normalized spacial score (nSPS) is 16.9. The molecule has 2 aromatic rings. The number of nitrogens with two attached hydrogens (primary N) is 1. The third-order valence-corrected chi connectivity index (χ3v) is 4.15. The Balaban J connectivity index is 1.67. The van der Waals surface area contributed by atoms with Crippen LogP contribution >= 0.6 is 0 Å². The van der Waals surface area contributed by atoms with Crippen molar-refractivity contribution in [2.75, 3.05) is 0 Å². The summed E-state index contributed by atoms with van der Waals surface area (Å²) in [7, 11) is 0. The van der Waals surface area contributed by atoms with Crippen LogP contribution in [0.25, 0.3) is 0 Å². The number of nitrogens with zero attached hydrogens (tertiary/aromatic N) is 1. The molecule has 1 fully saturated rings. The molecule has 2 nitrogen and oxygen atoms in total. The lowest BCUT2D eigenvalue weighted by molar-refractivity contribution is 0.419. The second-order valence-corrected chi connectivity index (χ2v) is 5.46. The lowest BCUT2D eigenvalue weighted by Gasteiger charge is -2.26. The van der Waals surface area contributed by atoms with Crippen LogP contribution in [-0.2, 0) is 6.42 Å². The minimum atomic E-state index is 0.0674. The molecule has 1 aliphatic carbocycles. The van der Waals surface area contributed by atoms with Gasteiger partial charge < -0.3 is 5.73 Å². The van der Waals surface area contributed by atoms with Gasteiger partial charge in [0.05, 0.1) is 0 Å². The first-order chi connectivity index (χ1) is 9.33. The zero-order valence-electron chi connectivity index (χ0n) is 11.1. The molecule has 2 N–H and O–H groups in total. The molecule has 0 saturated heterocycles. The Morgan fingerprint density at radius 2 is 1.74 bits per heavy atom. The van der Waals surface area contributed by atoms with E-state index in [1.807, 2.05) is 24.5 Å². The van der Waals surface area contributed by atoms with E-state index in [-0.39, 0.29) is 6.04 Å². The van der Waals surface area contributed by atoms with E-state index in [4.69, 9.17) is 5.73 Å². The molecule has 1 aromatic carbocycles. The van der Waals surface area contributed by atoms with E-state index in [1.165, 1.54) is 36.0 Å². The highest BCUT2D eigenvalue weighted by Gasteiger charge is 2.19. The van der Waals surface area contributed by atoms with Gasteiger partial charge in [0.25, 0.3) is 0 Å². The fraction of sp³-hybridized carbons (Fsp3) is 0.353. The number of pyridine rings is 1. The molecule has 1 atom stereocenters. The first kappa shape index (κ1) is 12.4. The molecular formula is C17H20N2. The predicted octanol–water partition coefficient (Wildman–Crippen LogP) is 3.59. The van der Waals surface area contributed by atoms with Gasteiger partial charge in [-0.25, -0.2) is 0 Å². The van der Waals surface area contributed by atoms with E-state index >= 15 is 0 Å². The summed E-state index contributed by atoms with van der Waals surface area (Å²) in [5, 5.41) is 0. The monoisotopic (exact) mass is 252 g/mol.